The van der Waals surface area contributed by atoms with Gasteiger partial charge in [0.2, 0.25) is 0 Å². The summed E-state index contributed by atoms with van der Waals surface area (Å²) in [5.41, 5.74) is 1.93. The minimum absolute atomic E-state index is 0.193. The van der Waals surface area contributed by atoms with Gasteiger partial charge in [-0.1, -0.05) is 12.1 Å². The molecule has 0 bridgehead atoms. The van der Waals surface area contributed by atoms with Crippen LogP contribution in [0.15, 0.2) is 24.3 Å². The molecule has 0 radical (unpaired) electrons. The van der Waals surface area contributed by atoms with Crippen molar-refractivity contribution in [3.8, 4) is 6.07 Å². The number of hydrogen-bond acceptors (Lipinski definition) is 4. The molecule has 0 aromatic heterocycles. The smallest absolute Gasteiger partial charge is 0.307 e. The van der Waals surface area contributed by atoms with Crippen LogP contribution in [0.4, 0.5) is 5.69 Å². The maximum absolute atomic E-state index is 11.1. The van der Waals surface area contributed by atoms with Crippen molar-refractivity contribution in [2.24, 2.45) is 0 Å². The van der Waals surface area contributed by atoms with Crippen LogP contribution in [0.2, 0.25) is 0 Å². The summed E-state index contributed by atoms with van der Waals surface area (Å²) in [6.07, 6.45) is 0.775. The second kappa shape index (κ2) is 7.29. The van der Waals surface area contributed by atoms with Crippen LogP contribution in [-0.4, -0.2) is 19.1 Å². The van der Waals surface area contributed by atoms with Crippen molar-refractivity contribution in [2.75, 3.05) is 18.5 Å². The number of carbonyl (C=O) groups excluding carboxylic acids is 1. The highest BCUT2D eigenvalue weighted by Crippen LogP contribution is 2.09. The van der Waals surface area contributed by atoms with Crippen LogP contribution in [0, 0.1) is 11.3 Å². The Kier molecular flexibility index (Phi) is 5.59. The number of benzene rings is 1. The molecular weight excluding hydrogens is 216 g/mol. The van der Waals surface area contributed by atoms with Crippen LogP contribution in [0.1, 0.15) is 18.9 Å². The summed E-state index contributed by atoms with van der Waals surface area (Å²) in [5.74, 6) is -0.193. The third-order valence-electron chi connectivity index (χ3n) is 2.20. The zero-order valence-corrected chi connectivity index (χ0v) is 9.90. The number of ether oxygens (including phenoxy) is 1. The highest BCUT2D eigenvalue weighted by Gasteiger charge is 2.00. The first kappa shape index (κ1) is 13.0. The summed E-state index contributed by atoms with van der Waals surface area (Å²) < 4.78 is 4.82. The monoisotopic (exact) mass is 232 g/mol. The van der Waals surface area contributed by atoms with E-state index >= 15 is 0 Å². The van der Waals surface area contributed by atoms with Crippen molar-refractivity contribution in [2.45, 2.75) is 19.8 Å². The topological polar surface area (TPSA) is 62.1 Å². The SMILES string of the molecule is CCOC(=O)CCNc1ccc(CC#N)cc1. The fourth-order valence-electron chi connectivity index (χ4n) is 1.37. The first-order chi connectivity index (χ1) is 8.26. The number of rotatable bonds is 6. The average Bonchev–Trinajstić information content (AvgIpc) is 2.32. The molecule has 0 amide bonds. The van der Waals surface area contributed by atoms with Crippen molar-refractivity contribution in [1.29, 1.82) is 5.26 Å². The Labute approximate surface area is 101 Å². The summed E-state index contributed by atoms with van der Waals surface area (Å²) in [6.45, 7) is 2.76. The molecule has 0 spiro atoms. The fraction of sp³-hybridized carbons (Fsp3) is 0.385. The van der Waals surface area contributed by atoms with E-state index in [4.69, 9.17) is 10.00 Å². The molecule has 1 rings (SSSR count). The molecule has 0 fully saturated rings. The highest BCUT2D eigenvalue weighted by molar-refractivity contribution is 5.70. The molecule has 0 aliphatic carbocycles. The standard InChI is InChI=1S/C13H16N2O2/c1-2-17-13(16)8-10-15-12-5-3-11(4-6-12)7-9-14/h3-6,15H,2,7-8,10H2,1H3. The molecule has 0 aliphatic heterocycles. The van der Waals surface area contributed by atoms with E-state index in [-0.39, 0.29) is 5.97 Å². The lowest BCUT2D eigenvalue weighted by Crippen LogP contribution is -2.11. The van der Waals surface area contributed by atoms with Gasteiger partial charge in [-0.15, -0.1) is 0 Å². The second-order valence-corrected chi connectivity index (χ2v) is 3.51. The van der Waals surface area contributed by atoms with E-state index < -0.39 is 0 Å². The van der Waals surface area contributed by atoms with E-state index in [1.165, 1.54) is 0 Å². The summed E-state index contributed by atoms with van der Waals surface area (Å²) in [6, 6.07) is 9.69. The zero-order valence-electron chi connectivity index (χ0n) is 9.90. The predicted octanol–water partition coefficient (Wildman–Crippen LogP) is 2.12. The summed E-state index contributed by atoms with van der Waals surface area (Å²) in [4.78, 5) is 11.1. The average molecular weight is 232 g/mol. The number of nitrogens with one attached hydrogen (secondary N) is 1. The van der Waals surface area contributed by atoms with Crippen LogP contribution in [0.5, 0.6) is 0 Å². The number of nitriles is 1. The van der Waals surface area contributed by atoms with Gasteiger partial charge in [0, 0.05) is 12.2 Å². The first-order valence-electron chi connectivity index (χ1n) is 5.61. The summed E-state index contributed by atoms with van der Waals surface area (Å²) >= 11 is 0. The molecular formula is C13H16N2O2. The molecule has 0 unspecified atom stereocenters. The Morgan fingerprint density at radius 3 is 2.71 bits per heavy atom. The van der Waals surface area contributed by atoms with E-state index in [0.29, 0.717) is 26.0 Å². The van der Waals surface area contributed by atoms with Gasteiger partial charge in [0.1, 0.15) is 0 Å². The minimum atomic E-state index is -0.193. The maximum Gasteiger partial charge on any atom is 0.307 e. The van der Waals surface area contributed by atoms with Crippen molar-refractivity contribution in [1.82, 2.24) is 0 Å². The quantitative estimate of drug-likeness (QED) is 0.763. The van der Waals surface area contributed by atoms with Gasteiger partial charge in [-0.25, -0.2) is 0 Å². The number of anilines is 1. The van der Waals surface area contributed by atoms with Crippen LogP contribution >= 0.6 is 0 Å². The van der Waals surface area contributed by atoms with Gasteiger partial charge in [-0.05, 0) is 24.6 Å². The number of nitrogens with zero attached hydrogens (tertiary/aromatic N) is 1. The van der Waals surface area contributed by atoms with Crippen molar-refractivity contribution in [3.05, 3.63) is 29.8 Å². The van der Waals surface area contributed by atoms with Gasteiger partial charge in [-0.3, -0.25) is 4.79 Å². The van der Waals surface area contributed by atoms with Gasteiger partial charge >= 0.3 is 5.97 Å². The molecule has 1 aromatic rings. The predicted molar refractivity (Wildman–Crippen MR) is 65.5 cm³/mol. The lowest BCUT2D eigenvalue weighted by atomic mass is 10.1. The molecule has 4 nitrogen and oxygen atoms in total. The molecule has 0 aliphatic rings. The largest absolute Gasteiger partial charge is 0.466 e. The Balaban J connectivity index is 2.32. The second-order valence-electron chi connectivity index (χ2n) is 3.51. The van der Waals surface area contributed by atoms with Crippen LogP contribution < -0.4 is 5.32 Å². The highest BCUT2D eigenvalue weighted by atomic mass is 16.5. The van der Waals surface area contributed by atoms with Gasteiger partial charge in [0.25, 0.3) is 0 Å². The first-order valence-corrected chi connectivity index (χ1v) is 5.61. The third kappa shape index (κ3) is 5.03. The molecule has 17 heavy (non-hydrogen) atoms. The fourth-order valence-corrected chi connectivity index (χ4v) is 1.37. The van der Waals surface area contributed by atoms with Crippen molar-refractivity contribution in [3.63, 3.8) is 0 Å². The van der Waals surface area contributed by atoms with Crippen molar-refractivity contribution >= 4 is 11.7 Å². The zero-order chi connectivity index (χ0) is 12.5. The van der Waals surface area contributed by atoms with Gasteiger partial charge < -0.3 is 10.1 Å². The van der Waals surface area contributed by atoms with E-state index in [0.717, 1.165) is 11.3 Å². The number of hydrogen-bond donors (Lipinski definition) is 1. The van der Waals surface area contributed by atoms with Gasteiger partial charge in [0.15, 0.2) is 0 Å². The van der Waals surface area contributed by atoms with E-state index in [9.17, 15) is 4.79 Å². The molecule has 0 saturated heterocycles. The van der Waals surface area contributed by atoms with Gasteiger partial charge in [0.05, 0.1) is 25.5 Å². The summed E-state index contributed by atoms with van der Waals surface area (Å²) in [5, 5.41) is 11.6. The Hall–Kier alpha value is -2.02. The Morgan fingerprint density at radius 2 is 2.12 bits per heavy atom. The normalized spacial score (nSPS) is 9.41. The van der Waals surface area contributed by atoms with E-state index in [1.54, 1.807) is 6.92 Å². The van der Waals surface area contributed by atoms with Crippen LogP contribution in [0.25, 0.3) is 0 Å². The van der Waals surface area contributed by atoms with Crippen molar-refractivity contribution < 1.29 is 9.53 Å². The van der Waals surface area contributed by atoms with Gasteiger partial charge in [-0.2, -0.15) is 5.26 Å². The Bertz CT molecular complexity index is 393. The third-order valence-corrected chi connectivity index (χ3v) is 2.20. The number of esters is 1. The molecule has 0 atom stereocenters. The number of carbonyl (C=O) groups is 1. The molecule has 0 heterocycles. The molecule has 4 heteroatoms. The lowest BCUT2D eigenvalue weighted by Gasteiger charge is -2.06. The molecule has 1 aromatic carbocycles. The van der Waals surface area contributed by atoms with Crippen LogP contribution in [-0.2, 0) is 16.0 Å². The Morgan fingerprint density at radius 1 is 1.41 bits per heavy atom. The molecule has 1 N–H and O–H groups in total. The van der Waals surface area contributed by atoms with E-state index in [1.807, 2.05) is 24.3 Å². The van der Waals surface area contributed by atoms with Crippen LogP contribution in [0.3, 0.4) is 0 Å². The minimum Gasteiger partial charge on any atom is -0.466 e. The maximum atomic E-state index is 11.1. The summed E-state index contributed by atoms with van der Waals surface area (Å²) in [7, 11) is 0. The lowest BCUT2D eigenvalue weighted by molar-refractivity contribution is -0.142. The molecule has 90 valence electrons. The molecule has 0 saturated carbocycles. The van der Waals surface area contributed by atoms with E-state index in [2.05, 4.69) is 11.4 Å².